The molecule has 1 nitrogen and oxygen atoms in total. The number of fused-ring (bicyclic) bond motifs is 4. The van der Waals surface area contributed by atoms with E-state index in [0.717, 1.165) is 0 Å². The van der Waals surface area contributed by atoms with E-state index in [4.69, 9.17) is 0 Å². The maximum absolute atomic E-state index is 3.62. The third-order valence-electron chi connectivity index (χ3n) is 3.92. The lowest BCUT2D eigenvalue weighted by Gasteiger charge is -2.26. The molecule has 0 unspecified atom stereocenters. The number of thioether (sulfide) groups is 1. The molecule has 0 saturated carbocycles. The smallest absolute Gasteiger partial charge is 0.0532 e. The molecule has 1 aliphatic heterocycles. The minimum Gasteiger partial charge on any atom is -0.354 e. The molecule has 0 spiro atoms. The molecule has 1 N–H and O–H groups in total. The van der Waals surface area contributed by atoms with Gasteiger partial charge < -0.3 is 5.32 Å². The summed E-state index contributed by atoms with van der Waals surface area (Å²) >= 11 is 1.86. The Morgan fingerprint density at radius 2 is 1.90 bits per heavy atom. The zero-order valence-corrected chi connectivity index (χ0v) is 13.0. The van der Waals surface area contributed by atoms with Crippen LogP contribution in [0.3, 0.4) is 0 Å². The highest BCUT2D eigenvalue weighted by Crippen LogP contribution is 2.47. The maximum Gasteiger partial charge on any atom is 0.0532 e. The van der Waals surface area contributed by atoms with Crippen molar-refractivity contribution in [3.05, 3.63) is 71.3 Å². The number of rotatable bonds is 0. The second-order valence-corrected chi connectivity index (χ2v) is 7.21. The first-order chi connectivity index (χ1) is 10.1. The van der Waals surface area contributed by atoms with Gasteiger partial charge in [-0.1, -0.05) is 74.2 Å². The van der Waals surface area contributed by atoms with Gasteiger partial charge in [0, 0.05) is 20.9 Å². The molecular formula is C19H17NS. The van der Waals surface area contributed by atoms with E-state index in [-0.39, 0.29) is 5.41 Å². The standard InChI is InChI=1S/C19H17NS/c1-19(2)11-5-8-17-16(12-19)20-15-10-9-13-6-3-4-7-14(13)18(15)21-17/h3-12,20H,1-2H3. The van der Waals surface area contributed by atoms with Crippen LogP contribution in [0.4, 0.5) is 5.69 Å². The van der Waals surface area contributed by atoms with Crippen molar-refractivity contribution >= 4 is 28.2 Å². The van der Waals surface area contributed by atoms with E-state index in [1.807, 2.05) is 11.8 Å². The Balaban J connectivity index is 1.91. The van der Waals surface area contributed by atoms with E-state index in [1.165, 1.54) is 32.0 Å². The van der Waals surface area contributed by atoms with Crippen molar-refractivity contribution in [2.45, 2.75) is 18.7 Å². The Labute approximate surface area is 129 Å². The van der Waals surface area contributed by atoms with Crippen LogP contribution in [-0.4, -0.2) is 0 Å². The molecule has 2 aromatic carbocycles. The summed E-state index contributed by atoms with van der Waals surface area (Å²) in [5.41, 5.74) is 2.51. The average Bonchev–Trinajstić information content (AvgIpc) is 2.61. The zero-order chi connectivity index (χ0) is 14.4. The largest absolute Gasteiger partial charge is 0.354 e. The number of allylic oxidation sites excluding steroid dienone is 4. The van der Waals surface area contributed by atoms with Crippen LogP contribution in [0.2, 0.25) is 0 Å². The Kier molecular flexibility index (Phi) is 2.76. The number of benzene rings is 2. The third kappa shape index (κ3) is 2.20. The fourth-order valence-electron chi connectivity index (χ4n) is 2.86. The molecule has 21 heavy (non-hydrogen) atoms. The SMILES string of the molecule is CC1(C)C=CC=C2Sc3c(ccc4ccccc34)NC2=C1. The first-order valence-electron chi connectivity index (χ1n) is 7.22. The number of anilines is 1. The summed E-state index contributed by atoms with van der Waals surface area (Å²) in [6, 6.07) is 13.0. The van der Waals surface area contributed by atoms with E-state index in [0.29, 0.717) is 0 Å². The van der Waals surface area contributed by atoms with Crippen LogP contribution in [0.25, 0.3) is 10.8 Å². The minimum absolute atomic E-state index is 0.0789. The lowest BCUT2D eigenvalue weighted by Crippen LogP contribution is -2.11. The molecule has 2 aliphatic rings. The van der Waals surface area contributed by atoms with Crippen molar-refractivity contribution < 1.29 is 0 Å². The van der Waals surface area contributed by atoms with Crippen LogP contribution in [0.15, 0.2) is 76.2 Å². The summed E-state index contributed by atoms with van der Waals surface area (Å²) in [5, 5.41) is 6.23. The molecule has 0 atom stereocenters. The van der Waals surface area contributed by atoms with Gasteiger partial charge in [-0.25, -0.2) is 0 Å². The van der Waals surface area contributed by atoms with E-state index in [1.54, 1.807) is 0 Å². The molecule has 0 bridgehead atoms. The summed E-state index contributed by atoms with van der Waals surface area (Å²) in [5.74, 6) is 0. The fourth-order valence-corrected chi connectivity index (χ4v) is 3.97. The first-order valence-corrected chi connectivity index (χ1v) is 8.03. The van der Waals surface area contributed by atoms with Crippen molar-refractivity contribution in [3.63, 3.8) is 0 Å². The van der Waals surface area contributed by atoms with Gasteiger partial charge in [0.25, 0.3) is 0 Å². The van der Waals surface area contributed by atoms with E-state index in [2.05, 4.69) is 79.9 Å². The van der Waals surface area contributed by atoms with Crippen molar-refractivity contribution in [2.24, 2.45) is 5.41 Å². The number of nitrogens with one attached hydrogen (secondary N) is 1. The summed E-state index contributed by atoms with van der Waals surface area (Å²) in [7, 11) is 0. The lowest BCUT2D eigenvalue weighted by atomic mass is 9.92. The highest BCUT2D eigenvalue weighted by atomic mass is 32.2. The lowest BCUT2D eigenvalue weighted by molar-refractivity contribution is 0.623. The molecule has 1 aliphatic carbocycles. The Morgan fingerprint density at radius 3 is 2.81 bits per heavy atom. The van der Waals surface area contributed by atoms with E-state index >= 15 is 0 Å². The summed E-state index contributed by atoms with van der Waals surface area (Å²) in [4.78, 5) is 2.62. The average molecular weight is 291 g/mol. The van der Waals surface area contributed by atoms with Crippen LogP contribution in [-0.2, 0) is 0 Å². The van der Waals surface area contributed by atoms with Crippen molar-refractivity contribution in [1.29, 1.82) is 0 Å². The second kappa shape index (κ2) is 4.54. The molecule has 2 aromatic rings. The fraction of sp³-hybridized carbons (Fsp3) is 0.158. The van der Waals surface area contributed by atoms with Gasteiger partial charge in [0.15, 0.2) is 0 Å². The molecule has 0 amide bonds. The van der Waals surface area contributed by atoms with Crippen LogP contribution in [0.1, 0.15) is 13.8 Å². The molecule has 0 fully saturated rings. The van der Waals surface area contributed by atoms with Gasteiger partial charge >= 0.3 is 0 Å². The third-order valence-corrected chi connectivity index (χ3v) is 5.14. The molecule has 0 radical (unpaired) electrons. The molecule has 0 saturated heterocycles. The number of hydrogen-bond acceptors (Lipinski definition) is 2. The maximum atomic E-state index is 3.62. The van der Waals surface area contributed by atoms with Crippen LogP contribution >= 0.6 is 11.8 Å². The van der Waals surface area contributed by atoms with E-state index in [9.17, 15) is 0 Å². The first kappa shape index (κ1) is 12.8. The number of hydrogen-bond donors (Lipinski definition) is 1. The zero-order valence-electron chi connectivity index (χ0n) is 12.2. The van der Waals surface area contributed by atoms with Gasteiger partial charge in [-0.05, 0) is 22.9 Å². The Hall–Kier alpha value is -1.93. The van der Waals surface area contributed by atoms with Gasteiger partial charge in [0.05, 0.1) is 5.69 Å². The van der Waals surface area contributed by atoms with Crippen molar-refractivity contribution in [2.75, 3.05) is 5.32 Å². The second-order valence-electron chi connectivity index (χ2n) is 6.16. The van der Waals surface area contributed by atoms with Gasteiger partial charge in [0.2, 0.25) is 0 Å². The van der Waals surface area contributed by atoms with Crippen molar-refractivity contribution in [1.82, 2.24) is 0 Å². The normalized spacial score (nSPS) is 19.0. The Bertz CT molecular complexity index is 825. The van der Waals surface area contributed by atoms with E-state index < -0.39 is 0 Å². The molecular weight excluding hydrogens is 274 g/mol. The predicted molar refractivity (Wildman–Crippen MR) is 92.5 cm³/mol. The molecule has 0 aromatic heterocycles. The summed E-state index contributed by atoms with van der Waals surface area (Å²) in [6.45, 7) is 4.46. The van der Waals surface area contributed by atoms with Gasteiger partial charge in [-0.3, -0.25) is 0 Å². The summed E-state index contributed by atoms with van der Waals surface area (Å²) < 4.78 is 0. The quantitative estimate of drug-likeness (QED) is 0.666. The van der Waals surface area contributed by atoms with Gasteiger partial charge in [-0.15, -0.1) is 0 Å². The summed E-state index contributed by atoms with van der Waals surface area (Å²) in [6.07, 6.45) is 8.94. The monoisotopic (exact) mass is 291 g/mol. The van der Waals surface area contributed by atoms with Crippen LogP contribution < -0.4 is 5.32 Å². The van der Waals surface area contributed by atoms with Crippen molar-refractivity contribution in [3.8, 4) is 0 Å². The topological polar surface area (TPSA) is 12.0 Å². The van der Waals surface area contributed by atoms with Gasteiger partial charge in [-0.2, -0.15) is 0 Å². The molecule has 104 valence electrons. The predicted octanol–water partition coefficient (Wildman–Crippen LogP) is 5.72. The van der Waals surface area contributed by atoms with Crippen LogP contribution in [0, 0.1) is 5.41 Å². The molecule has 4 rings (SSSR count). The molecule has 2 heteroatoms. The highest BCUT2D eigenvalue weighted by Gasteiger charge is 2.23. The Morgan fingerprint density at radius 1 is 1.05 bits per heavy atom. The minimum atomic E-state index is 0.0789. The molecule has 1 heterocycles. The highest BCUT2D eigenvalue weighted by molar-refractivity contribution is 8.03. The van der Waals surface area contributed by atoms with Gasteiger partial charge in [0.1, 0.15) is 0 Å². The van der Waals surface area contributed by atoms with Crippen LogP contribution in [0.5, 0.6) is 0 Å².